The Hall–Kier alpha value is -0.800. The molecule has 0 heterocycles. The van der Waals surface area contributed by atoms with E-state index in [0.717, 1.165) is 6.07 Å². The monoisotopic (exact) mass is 236 g/mol. The first-order valence-corrected chi connectivity index (χ1v) is 4.63. The topological polar surface area (TPSA) is 26.3 Å². The van der Waals surface area contributed by atoms with Gasteiger partial charge in [0, 0.05) is 0 Å². The van der Waals surface area contributed by atoms with E-state index < -0.39 is 11.8 Å². The van der Waals surface area contributed by atoms with Gasteiger partial charge in [0.05, 0.1) is 22.2 Å². The Morgan fingerprint density at radius 3 is 2.64 bits per heavy atom. The lowest BCUT2D eigenvalue weighted by Crippen LogP contribution is -2.05. The molecule has 0 bridgehead atoms. The quantitative estimate of drug-likeness (QED) is 0.582. The van der Waals surface area contributed by atoms with Crippen molar-refractivity contribution < 1.29 is 13.9 Å². The fourth-order valence-electron chi connectivity index (χ4n) is 0.888. The normalized spacial score (nSPS) is 10.0. The first-order chi connectivity index (χ1) is 6.56. The van der Waals surface area contributed by atoms with Crippen molar-refractivity contribution in [3.63, 3.8) is 0 Å². The van der Waals surface area contributed by atoms with E-state index in [4.69, 9.17) is 23.2 Å². The van der Waals surface area contributed by atoms with Crippen molar-refractivity contribution in [2.24, 2.45) is 0 Å². The number of carbonyl (C=O) groups is 1. The lowest BCUT2D eigenvalue weighted by atomic mass is 10.2. The molecule has 0 aliphatic heterocycles. The minimum Gasteiger partial charge on any atom is -0.462 e. The molecule has 0 saturated heterocycles. The van der Waals surface area contributed by atoms with Crippen molar-refractivity contribution in [3.05, 3.63) is 33.6 Å². The van der Waals surface area contributed by atoms with E-state index in [1.807, 2.05) is 0 Å². The molecule has 76 valence electrons. The van der Waals surface area contributed by atoms with Gasteiger partial charge in [0.15, 0.2) is 0 Å². The molecular formula is C9H7Cl2FO2. The number of hydrogen-bond donors (Lipinski definition) is 0. The molecule has 0 aromatic heterocycles. The van der Waals surface area contributed by atoms with Crippen LogP contribution in [0.15, 0.2) is 12.1 Å². The fourth-order valence-corrected chi connectivity index (χ4v) is 1.20. The molecule has 0 saturated carbocycles. The van der Waals surface area contributed by atoms with Gasteiger partial charge in [-0.2, -0.15) is 0 Å². The van der Waals surface area contributed by atoms with Crippen LogP contribution in [0.2, 0.25) is 10.0 Å². The van der Waals surface area contributed by atoms with Gasteiger partial charge in [0.1, 0.15) is 5.82 Å². The Bertz CT molecular complexity index is 343. The van der Waals surface area contributed by atoms with Crippen LogP contribution in [0.1, 0.15) is 17.3 Å². The molecule has 14 heavy (non-hydrogen) atoms. The van der Waals surface area contributed by atoms with Gasteiger partial charge in [0.25, 0.3) is 0 Å². The second-order valence-electron chi connectivity index (χ2n) is 2.47. The van der Waals surface area contributed by atoms with Crippen LogP contribution < -0.4 is 0 Å². The van der Waals surface area contributed by atoms with Crippen LogP contribution in [0.5, 0.6) is 0 Å². The summed E-state index contributed by atoms with van der Waals surface area (Å²) in [6.07, 6.45) is 0. The maximum atomic E-state index is 13.0. The minimum atomic E-state index is -0.734. The highest BCUT2D eigenvalue weighted by Crippen LogP contribution is 2.26. The summed E-state index contributed by atoms with van der Waals surface area (Å²) < 4.78 is 17.7. The van der Waals surface area contributed by atoms with Gasteiger partial charge in [-0.05, 0) is 19.1 Å². The first kappa shape index (κ1) is 11.3. The molecule has 0 aliphatic carbocycles. The summed E-state index contributed by atoms with van der Waals surface area (Å²) in [5.74, 6) is -1.35. The van der Waals surface area contributed by atoms with Gasteiger partial charge in [-0.25, -0.2) is 9.18 Å². The van der Waals surface area contributed by atoms with E-state index in [1.54, 1.807) is 6.92 Å². The minimum absolute atomic E-state index is 0.00489. The Balaban J connectivity index is 3.06. The van der Waals surface area contributed by atoms with Crippen LogP contribution in [-0.4, -0.2) is 12.6 Å². The average molecular weight is 237 g/mol. The summed E-state index contributed by atoms with van der Waals surface area (Å²) in [4.78, 5) is 11.2. The number of carbonyl (C=O) groups excluding carboxylic acids is 1. The second kappa shape index (κ2) is 4.62. The number of esters is 1. The van der Waals surface area contributed by atoms with E-state index >= 15 is 0 Å². The Morgan fingerprint density at radius 1 is 1.50 bits per heavy atom. The van der Waals surface area contributed by atoms with Crippen LogP contribution in [0, 0.1) is 5.82 Å². The maximum absolute atomic E-state index is 13.0. The lowest BCUT2D eigenvalue weighted by molar-refractivity contribution is 0.0526. The maximum Gasteiger partial charge on any atom is 0.338 e. The van der Waals surface area contributed by atoms with Gasteiger partial charge in [-0.3, -0.25) is 0 Å². The van der Waals surface area contributed by atoms with Gasteiger partial charge in [-0.15, -0.1) is 0 Å². The van der Waals surface area contributed by atoms with E-state index in [9.17, 15) is 9.18 Å². The molecule has 0 amide bonds. The predicted octanol–water partition coefficient (Wildman–Crippen LogP) is 3.31. The highest BCUT2D eigenvalue weighted by molar-refractivity contribution is 6.42. The Morgan fingerprint density at radius 2 is 2.14 bits per heavy atom. The largest absolute Gasteiger partial charge is 0.462 e. The van der Waals surface area contributed by atoms with Crippen molar-refractivity contribution in [1.82, 2.24) is 0 Å². The Labute approximate surface area is 90.6 Å². The molecule has 1 rings (SSSR count). The molecule has 0 atom stereocenters. The summed E-state index contributed by atoms with van der Waals surface area (Å²) in [7, 11) is 0. The van der Waals surface area contributed by atoms with E-state index in [1.165, 1.54) is 6.07 Å². The third-order valence-corrected chi connectivity index (χ3v) is 2.27. The zero-order chi connectivity index (χ0) is 10.7. The molecule has 0 N–H and O–H groups in total. The zero-order valence-corrected chi connectivity index (χ0v) is 8.82. The summed E-state index contributed by atoms with van der Waals surface area (Å²) in [5.41, 5.74) is 0.0544. The summed E-state index contributed by atoms with van der Waals surface area (Å²) >= 11 is 11.1. The third-order valence-electron chi connectivity index (χ3n) is 1.49. The van der Waals surface area contributed by atoms with Gasteiger partial charge in [0.2, 0.25) is 0 Å². The number of rotatable bonds is 2. The molecule has 0 unspecified atom stereocenters. The molecule has 0 fully saturated rings. The number of ether oxygens (including phenoxy) is 1. The predicted molar refractivity (Wildman–Crippen MR) is 52.4 cm³/mol. The first-order valence-electron chi connectivity index (χ1n) is 3.88. The molecular weight excluding hydrogens is 230 g/mol. The van der Waals surface area contributed by atoms with Gasteiger partial charge in [-0.1, -0.05) is 23.2 Å². The molecule has 0 radical (unpaired) electrons. The molecule has 1 aromatic rings. The highest BCUT2D eigenvalue weighted by Gasteiger charge is 2.13. The number of benzene rings is 1. The van der Waals surface area contributed by atoms with Crippen LogP contribution in [0.3, 0.4) is 0 Å². The van der Waals surface area contributed by atoms with E-state index in [-0.39, 0.29) is 22.2 Å². The molecule has 1 aromatic carbocycles. The fraction of sp³-hybridized carbons (Fsp3) is 0.222. The summed E-state index contributed by atoms with van der Waals surface area (Å²) in [6, 6.07) is 2.26. The van der Waals surface area contributed by atoms with E-state index in [0.29, 0.717) is 0 Å². The van der Waals surface area contributed by atoms with Crippen molar-refractivity contribution in [1.29, 1.82) is 0 Å². The van der Waals surface area contributed by atoms with E-state index in [2.05, 4.69) is 4.74 Å². The lowest BCUT2D eigenvalue weighted by Gasteiger charge is -2.03. The standard InChI is InChI=1S/C9H7Cl2FO2/c1-2-14-9(13)5-3-6(10)8(11)7(12)4-5/h3-4H,2H2,1H3. The van der Waals surface area contributed by atoms with Crippen molar-refractivity contribution in [2.75, 3.05) is 6.61 Å². The molecule has 0 spiro atoms. The zero-order valence-electron chi connectivity index (χ0n) is 7.31. The number of hydrogen-bond acceptors (Lipinski definition) is 2. The number of halogens is 3. The van der Waals surface area contributed by atoms with Crippen molar-refractivity contribution in [2.45, 2.75) is 6.92 Å². The Kier molecular flexibility index (Phi) is 3.72. The SMILES string of the molecule is CCOC(=O)c1cc(F)c(Cl)c(Cl)c1. The van der Waals surface area contributed by atoms with Crippen LogP contribution in [0.4, 0.5) is 4.39 Å². The van der Waals surface area contributed by atoms with Crippen molar-refractivity contribution >= 4 is 29.2 Å². The average Bonchev–Trinajstić information content (AvgIpc) is 2.13. The molecule has 2 nitrogen and oxygen atoms in total. The van der Waals surface area contributed by atoms with Crippen LogP contribution in [-0.2, 0) is 4.74 Å². The smallest absolute Gasteiger partial charge is 0.338 e. The summed E-state index contributed by atoms with van der Waals surface area (Å²) in [5, 5.41) is -0.200. The molecule has 0 aliphatic rings. The second-order valence-corrected chi connectivity index (χ2v) is 3.26. The summed E-state index contributed by atoms with van der Waals surface area (Å²) in [6.45, 7) is 1.88. The highest BCUT2D eigenvalue weighted by atomic mass is 35.5. The molecule has 5 heteroatoms. The third kappa shape index (κ3) is 2.36. The van der Waals surface area contributed by atoms with Crippen LogP contribution in [0.25, 0.3) is 0 Å². The van der Waals surface area contributed by atoms with Crippen molar-refractivity contribution in [3.8, 4) is 0 Å². The van der Waals surface area contributed by atoms with Gasteiger partial charge >= 0.3 is 5.97 Å². The van der Waals surface area contributed by atoms with Gasteiger partial charge < -0.3 is 4.74 Å². The van der Waals surface area contributed by atoms with Crippen LogP contribution >= 0.6 is 23.2 Å².